The summed E-state index contributed by atoms with van der Waals surface area (Å²) in [5.41, 5.74) is -0.391. The van der Waals surface area contributed by atoms with Gasteiger partial charge in [-0.3, -0.25) is 0 Å². The zero-order valence-electron chi connectivity index (χ0n) is 14.5. The number of nitrogens with zero attached hydrogens (tertiary/aromatic N) is 2. The first-order valence-corrected chi connectivity index (χ1v) is 8.71. The van der Waals surface area contributed by atoms with E-state index in [0.717, 1.165) is 37.6 Å². The third-order valence-corrected chi connectivity index (χ3v) is 5.82. The number of nitrogens with one attached hydrogen (secondary N) is 1. The first kappa shape index (κ1) is 16.7. The van der Waals surface area contributed by atoms with Gasteiger partial charge < -0.3 is 19.9 Å². The monoisotopic (exact) mass is 351 g/mol. The van der Waals surface area contributed by atoms with Crippen LogP contribution in [0.25, 0.3) is 0 Å². The Hall–Kier alpha value is -1.73. The highest BCUT2D eigenvalue weighted by molar-refractivity contribution is 5.89. The number of benzene rings is 1. The third-order valence-electron chi connectivity index (χ3n) is 5.82. The third kappa shape index (κ3) is 2.79. The molecule has 5 nitrogen and oxygen atoms in total. The highest BCUT2D eigenvalue weighted by Gasteiger charge is 2.63. The minimum absolute atomic E-state index is 0.130. The van der Waals surface area contributed by atoms with E-state index in [9.17, 15) is 13.6 Å². The number of urea groups is 1. The van der Waals surface area contributed by atoms with Crippen LogP contribution in [0, 0.1) is 23.5 Å². The molecule has 4 rings (SSSR count). The fraction of sp³-hybridized carbons (Fsp3) is 0.611. The molecule has 136 valence electrons. The van der Waals surface area contributed by atoms with Gasteiger partial charge in [-0.2, -0.15) is 0 Å². The maximum Gasteiger partial charge on any atom is 0.322 e. The summed E-state index contributed by atoms with van der Waals surface area (Å²) in [6, 6.07) is 2.64. The van der Waals surface area contributed by atoms with Crippen molar-refractivity contribution in [3.63, 3.8) is 0 Å². The Morgan fingerprint density at radius 1 is 1.44 bits per heavy atom. The lowest BCUT2D eigenvalue weighted by Gasteiger charge is -2.30. The van der Waals surface area contributed by atoms with Crippen LogP contribution in [-0.4, -0.2) is 61.3 Å². The van der Waals surface area contributed by atoms with Crippen LogP contribution in [0.15, 0.2) is 18.2 Å². The van der Waals surface area contributed by atoms with Crippen molar-refractivity contribution < 1.29 is 18.3 Å². The number of carbonyl (C=O) groups is 1. The highest BCUT2D eigenvalue weighted by Crippen LogP contribution is 2.54. The van der Waals surface area contributed by atoms with Crippen LogP contribution in [0.4, 0.5) is 19.3 Å². The quantitative estimate of drug-likeness (QED) is 0.910. The number of rotatable bonds is 3. The van der Waals surface area contributed by atoms with Crippen LogP contribution in [0.1, 0.15) is 12.8 Å². The second-order valence-corrected chi connectivity index (χ2v) is 7.73. The molecule has 7 heteroatoms. The second kappa shape index (κ2) is 5.92. The lowest BCUT2D eigenvalue weighted by Crippen LogP contribution is -2.40. The van der Waals surface area contributed by atoms with E-state index < -0.39 is 17.7 Å². The van der Waals surface area contributed by atoms with Crippen LogP contribution >= 0.6 is 0 Å². The Morgan fingerprint density at radius 3 is 3.00 bits per heavy atom. The molecule has 0 unspecified atom stereocenters. The maximum absolute atomic E-state index is 13.8. The number of hydrogen-bond donors (Lipinski definition) is 1. The van der Waals surface area contributed by atoms with Gasteiger partial charge in [-0.05, 0) is 39.1 Å². The Balaban J connectivity index is 1.48. The van der Waals surface area contributed by atoms with Crippen molar-refractivity contribution in [2.24, 2.45) is 11.8 Å². The summed E-state index contributed by atoms with van der Waals surface area (Å²) in [5.74, 6) is -0.513. The topological polar surface area (TPSA) is 44.8 Å². The number of fused-ring (bicyclic) bond motifs is 1. The summed E-state index contributed by atoms with van der Waals surface area (Å²) >= 11 is 0. The van der Waals surface area contributed by atoms with Crippen LogP contribution in [0.3, 0.4) is 0 Å². The van der Waals surface area contributed by atoms with E-state index in [2.05, 4.69) is 10.2 Å². The molecule has 0 radical (unpaired) electrons. The summed E-state index contributed by atoms with van der Waals surface area (Å²) in [6.07, 6.45) is 2.27. The zero-order valence-corrected chi connectivity index (χ0v) is 14.5. The fourth-order valence-corrected chi connectivity index (χ4v) is 4.80. The van der Waals surface area contributed by atoms with Gasteiger partial charge in [0.15, 0.2) is 0 Å². The normalized spacial score (nSPS) is 33.2. The lowest BCUT2D eigenvalue weighted by atomic mass is 9.73. The van der Waals surface area contributed by atoms with E-state index in [1.807, 2.05) is 14.1 Å². The molecular formula is C18H23F2N3O2. The lowest BCUT2D eigenvalue weighted by molar-refractivity contribution is 0.00534. The summed E-state index contributed by atoms with van der Waals surface area (Å²) in [6.45, 7) is 2.05. The van der Waals surface area contributed by atoms with Gasteiger partial charge >= 0.3 is 6.03 Å². The molecule has 3 aliphatic rings. The number of anilines is 1. The molecule has 1 N–H and O–H groups in total. The number of halogens is 2. The maximum atomic E-state index is 13.8. The number of hydrogen-bond acceptors (Lipinski definition) is 3. The molecule has 0 saturated carbocycles. The van der Waals surface area contributed by atoms with Crippen LogP contribution in [0.2, 0.25) is 0 Å². The molecule has 3 aliphatic heterocycles. The molecule has 4 atom stereocenters. The van der Waals surface area contributed by atoms with E-state index in [1.54, 1.807) is 4.90 Å². The predicted octanol–water partition coefficient (Wildman–Crippen LogP) is 2.54. The SMILES string of the molecule is CN(C)C[C@H]1[C@H]2CN(C(=O)Nc3cc(F)ccc3F)C[C@]23CC[C@H]1O3. The van der Waals surface area contributed by atoms with E-state index in [-0.39, 0.29) is 17.4 Å². The largest absolute Gasteiger partial charge is 0.369 e. The van der Waals surface area contributed by atoms with Crippen molar-refractivity contribution in [1.82, 2.24) is 9.80 Å². The van der Waals surface area contributed by atoms with E-state index in [4.69, 9.17) is 4.74 Å². The molecular weight excluding hydrogens is 328 g/mol. The number of carbonyl (C=O) groups excluding carboxylic acids is 1. The molecule has 25 heavy (non-hydrogen) atoms. The Labute approximate surface area is 145 Å². The van der Waals surface area contributed by atoms with E-state index >= 15 is 0 Å². The molecule has 1 spiro atoms. The van der Waals surface area contributed by atoms with E-state index in [0.29, 0.717) is 24.9 Å². The van der Waals surface area contributed by atoms with Crippen LogP contribution in [0.5, 0.6) is 0 Å². The van der Waals surface area contributed by atoms with Crippen molar-refractivity contribution in [1.29, 1.82) is 0 Å². The minimum atomic E-state index is -0.644. The number of ether oxygens (including phenoxy) is 1. The summed E-state index contributed by atoms with van der Waals surface area (Å²) < 4.78 is 33.4. The summed E-state index contributed by atoms with van der Waals surface area (Å²) in [4.78, 5) is 16.4. The van der Waals surface area contributed by atoms with Gasteiger partial charge in [0.2, 0.25) is 0 Å². The second-order valence-electron chi connectivity index (χ2n) is 7.73. The molecule has 1 aromatic carbocycles. The smallest absolute Gasteiger partial charge is 0.322 e. The molecule has 2 bridgehead atoms. The summed E-state index contributed by atoms with van der Waals surface area (Å²) in [7, 11) is 4.09. The predicted molar refractivity (Wildman–Crippen MR) is 89.3 cm³/mol. The van der Waals surface area contributed by atoms with Crippen molar-refractivity contribution in [2.75, 3.05) is 39.0 Å². The van der Waals surface area contributed by atoms with Crippen molar-refractivity contribution in [2.45, 2.75) is 24.5 Å². The molecule has 3 fully saturated rings. The average molecular weight is 351 g/mol. The summed E-state index contributed by atoms with van der Waals surface area (Å²) in [5, 5.41) is 2.50. The highest BCUT2D eigenvalue weighted by atomic mass is 19.1. The number of likely N-dealkylation sites (tertiary alicyclic amines) is 1. The molecule has 3 heterocycles. The van der Waals surface area contributed by atoms with Crippen molar-refractivity contribution in [3.8, 4) is 0 Å². The molecule has 3 saturated heterocycles. The Bertz CT molecular complexity index is 699. The standard InChI is InChI=1S/C18H23F2N3O2/c1-22(2)8-12-13-9-23(10-18(13)6-5-16(12)25-18)17(24)21-15-7-11(19)3-4-14(15)20/h3-4,7,12-13,16H,5-6,8-10H2,1-2H3,(H,21,24)/t12-,13+,16+,18+/m0/s1. The van der Waals surface area contributed by atoms with Gasteiger partial charge in [-0.25, -0.2) is 13.6 Å². The van der Waals surface area contributed by atoms with Crippen molar-refractivity contribution >= 4 is 11.7 Å². The fourth-order valence-electron chi connectivity index (χ4n) is 4.80. The van der Waals surface area contributed by atoms with Gasteiger partial charge in [0.25, 0.3) is 0 Å². The van der Waals surface area contributed by atoms with Crippen LogP contribution < -0.4 is 5.32 Å². The van der Waals surface area contributed by atoms with Gasteiger partial charge in [0.1, 0.15) is 11.6 Å². The molecule has 0 aromatic heterocycles. The first-order chi connectivity index (χ1) is 11.9. The molecule has 1 aromatic rings. The number of amides is 2. The Morgan fingerprint density at radius 2 is 2.24 bits per heavy atom. The van der Waals surface area contributed by atoms with Crippen LogP contribution in [-0.2, 0) is 4.74 Å². The minimum Gasteiger partial charge on any atom is -0.369 e. The molecule has 2 amide bonds. The Kier molecular flexibility index (Phi) is 3.96. The molecule has 0 aliphatic carbocycles. The average Bonchev–Trinajstić information content (AvgIpc) is 3.20. The first-order valence-electron chi connectivity index (χ1n) is 8.71. The van der Waals surface area contributed by atoms with E-state index in [1.165, 1.54) is 0 Å². The van der Waals surface area contributed by atoms with Gasteiger partial charge in [-0.15, -0.1) is 0 Å². The van der Waals surface area contributed by atoms with Gasteiger partial charge in [0.05, 0.1) is 23.9 Å². The van der Waals surface area contributed by atoms with Crippen molar-refractivity contribution in [3.05, 3.63) is 29.8 Å². The van der Waals surface area contributed by atoms with Gasteiger partial charge in [-0.1, -0.05) is 0 Å². The zero-order chi connectivity index (χ0) is 17.8. The van der Waals surface area contributed by atoms with Gasteiger partial charge in [0, 0.05) is 31.0 Å².